The maximum atomic E-state index is 10.5. The summed E-state index contributed by atoms with van der Waals surface area (Å²) in [6, 6.07) is 0. The third kappa shape index (κ3) is 6.16. The van der Waals surface area contributed by atoms with E-state index in [0.29, 0.717) is 5.41 Å². The Morgan fingerprint density at radius 3 is 2.40 bits per heavy atom. The van der Waals surface area contributed by atoms with Crippen LogP contribution in [0.3, 0.4) is 0 Å². The Morgan fingerprint density at radius 2 is 1.71 bits per heavy atom. The van der Waals surface area contributed by atoms with Crippen LogP contribution < -0.4 is 0 Å². The second-order valence-corrected chi connectivity index (χ2v) is 16.2. The predicted octanol–water partition coefficient (Wildman–Crippen LogP) is 6.24. The summed E-state index contributed by atoms with van der Waals surface area (Å²) < 4.78 is 11.9. The molecule has 5 rings (SSSR count). The van der Waals surface area contributed by atoms with Gasteiger partial charge in [0.05, 0.1) is 12.7 Å². The minimum Gasteiger partial charge on any atom is -0.394 e. The fourth-order valence-electron chi connectivity index (χ4n) is 10.6. The second-order valence-electron chi connectivity index (χ2n) is 16.2. The Labute approximate surface area is 255 Å². The quantitative estimate of drug-likeness (QED) is 0.237. The van der Waals surface area contributed by atoms with Crippen LogP contribution in [0.4, 0.5) is 0 Å². The molecule has 1 heterocycles. The zero-order valence-corrected chi connectivity index (χ0v) is 27.4. The van der Waals surface area contributed by atoms with Gasteiger partial charge in [0, 0.05) is 0 Å². The summed E-state index contributed by atoms with van der Waals surface area (Å²) in [7, 11) is 0. The van der Waals surface area contributed by atoms with E-state index in [2.05, 4.69) is 47.6 Å². The van der Waals surface area contributed by atoms with Crippen molar-refractivity contribution in [1.29, 1.82) is 0 Å². The molecule has 6 heteroatoms. The van der Waals surface area contributed by atoms with Crippen LogP contribution >= 0.6 is 0 Å². The van der Waals surface area contributed by atoms with Crippen molar-refractivity contribution < 1.29 is 29.9 Å². The van der Waals surface area contributed by atoms with E-state index in [9.17, 15) is 20.4 Å². The molecule has 0 aromatic heterocycles. The van der Waals surface area contributed by atoms with Crippen molar-refractivity contribution in [1.82, 2.24) is 0 Å². The van der Waals surface area contributed by atoms with Gasteiger partial charge in [-0.15, -0.1) is 0 Å². The molecule has 4 N–H and O–H groups in total. The summed E-state index contributed by atoms with van der Waals surface area (Å²) in [5.41, 5.74) is 2.19. The summed E-state index contributed by atoms with van der Waals surface area (Å²) in [6.07, 6.45) is 11.4. The average molecular weight is 591 g/mol. The maximum Gasteiger partial charge on any atom is 0.186 e. The number of fused-ring (bicyclic) bond motifs is 5. The van der Waals surface area contributed by atoms with Crippen molar-refractivity contribution in [2.45, 2.75) is 155 Å². The third-order valence-corrected chi connectivity index (χ3v) is 13.6. The minimum atomic E-state index is -1.40. The van der Waals surface area contributed by atoms with Gasteiger partial charge in [0.2, 0.25) is 0 Å². The van der Waals surface area contributed by atoms with Gasteiger partial charge < -0.3 is 29.9 Å². The molecule has 5 aliphatic rings. The Kier molecular flexibility index (Phi) is 10.2. The summed E-state index contributed by atoms with van der Waals surface area (Å²) in [5.74, 6) is 5.73. The van der Waals surface area contributed by atoms with Gasteiger partial charge in [0.25, 0.3) is 0 Å². The SMILES string of the molecule is CC[C@H](CC[C@@H](C)[C@H]1CC[C@H]2[C@@H]3CC=C4C[C@@H](O[C@@H]5O[C@H](CO)[C@@H](O)[C@H](O)[C@H]5O)CC[C@]4(C)[C@H]3CC[C@]2(C)C1)C(C)C. The van der Waals surface area contributed by atoms with Crippen LogP contribution in [-0.2, 0) is 9.47 Å². The van der Waals surface area contributed by atoms with Crippen LogP contribution in [-0.4, -0.2) is 63.8 Å². The van der Waals surface area contributed by atoms with Crippen LogP contribution in [0.1, 0.15) is 119 Å². The highest BCUT2D eigenvalue weighted by atomic mass is 16.7. The average Bonchev–Trinajstić information content (AvgIpc) is 2.96. The van der Waals surface area contributed by atoms with E-state index in [0.717, 1.165) is 60.7 Å². The van der Waals surface area contributed by atoms with Gasteiger partial charge in [-0.25, -0.2) is 0 Å². The highest BCUT2D eigenvalue weighted by Gasteiger charge is 2.56. The Hall–Kier alpha value is -0.500. The van der Waals surface area contributed by atoms with Crippen molar-refractivity contribution in [2.75, 3.05) is 6.61 Å². The van der Waals surface area contributed by atoms with Crippen molar-refractivity contribution in [3.05, 3.63) is 11.6 Å². The molecule has 242 valence electrons. The molecular formula is C36H62O6. The number of hydrogen-bond acceptors (Lipinski definition) is 6. The Bertz CT molecular complexity index is 934. The molecule has 0 unspecified atom stereocenters. The molecule has 4 aliphatic carbocycles. The van der Waals surface area contributed by atoms with Gasteiger partial charge in [-0.05, 0) is 116 Å². The molecule has 0 radical (unpaired) electrons. The number of hydrogen-bond donors (Lipinski definition) is 4. The topological polar surface area (TPSA) is 99.4 Å². The number of allylic oxidation sites excluding steroid dienone is 1. The van der Waals surface area contributed by atoms with Gasteiger partial charge in [0.15, 0.2) is 6.29 Å². The molecule has 0 bridgehead atoms. The standard InChI is InChI=1S/C36H62O6/c1-7-23(21(2)3)9-8-22(4)24-10-13-28-27-12-11-25-18-26(41-34-33(40)32(39)31(38)30(20-37)42-34)14-17-36(25,6)29(27)15-16-35(28,5)19-24/h11,21-24,26-34,37-40H,7-10,12-20H2,1-6H3/t22-,23-,24+,26+,27+,28+,29+,30-,31-,32+,33-,34-,35-,36+/m1/s1. The normalized spacial score (nSPS) is 47.2. The fraction of sp³-hybridized carbons (Fsp3) is 0.944. The van der Waals surface area contributed by atoms with Gasteiger partial charge in [-0.2, -0.15) is 0 Å². The van der Waals surface area contributed by atoms with Crippen LogP contribution in [0.2, 0.25) is 0 Å². The largest absolute Gasteiger partial charge is 0.394 e. The van der Waals surface area contributed by atoms with E-state index in [1.807, 2.05) is 0 Å². The maximum absolute atomic E-state index is 10.5. The number of ether oxygens (including phenoxy) is 2. The lowest BCUT2D eigenvalue weighted by atomic mass is 9.44. The van der Waals surface area contributed by atoms with Crippen molar-refractivity contribution in [2.24, 2.45) is 52.3 Å². The van der Waals surface area contributed by atoms with E-state index < -0.39 is 37.3 Å². The molecule has 4 fully saturated rings. The highest BCUT2D eigenvalue weighted by Crippen LogP contribution is 2.65. The highest BCUT2D eigenvalue weighted by molar-refractivity contribution is 5.25. The Balaban J connectivity index is 1.21. The summed E-state index contributed by atoms with van der Waals surface area (Å²) >= 11 is 0. The fourth-order valence-corrected chi connectivity index (χ4v) is 10.6. The van der Waals surface area contributed by atoms with Gasteiger partial charge in [-0.3, -0.25) is 0 Å². The van der Waals surface area contributed by atoms with E-state index in [1.165, 1.54) is 63.4 Å². The number of aliphatic hydroxyl groups is 4. The summed E-state index contributed by atoms with van der Waals surface area (Å²) in [5, 5.41) is 40.4. The van der Waals surface area contributed by atoms with E-state index in [-0.39, 0.29) is 11.5 Å². The summed E-state index contributed by atoms with van der Waals surface area (Å²) in [4.78, 5) is 0. The first kappa shape index (κ1) is 32.9. The molecule has 14 atom stereocenters. The molecular weight excluding hydrogens is 528 g/mol. The number of rotatable bonds is 9. The van der Waals surface area contributed by atoms with Crippen LogP contribution in [0.5, 0.6) is 0 Å². The Morgan fingerprint density at radius 1 is 0.952 bits per heavy atom. The van der Waals surface area contributed by atoms with Crippen molar-refractivity contribution in [3.63, 3.8) is 0 Å². The third-order valence-electron chi connectivity index (χ3n) is 13.6. The first-order chi connectivity index (χ1) is 19.9. The van der Waals surface area contributed by atoms with Gasteiger partial charge >= 0.3 is 0 Å². The van der Waals surface area contributed by atoms with Crippen LogP contribution in [0.25, 0.3) is 0 Å². The zero-order chi connectivity index (χ0) is 30.4. The van der Waals surface area contributed by atoms with Gasteiger partial charge in [-0.1, -0.05) is 66.0 Å². The molecule has 0 aromatic rings. The van der Waals surface area contributed by atoms with Crippen molar-refractivity contribution in [3.8, 4) is 0 Å². The molecule has 0 spiro atoms. The lowest BCUT2D eigenvalue weighted by molar-refractivity contribution is -0.313. The molecule has 0 aromatic carbocycles. The lowest BCUT2D eigenvalue weighted by Crippen LogP contribution is -2.60. The molecule has 1 aliphatic heterocycles. The summed E-state index contributed by atoms with van der Waals surface area (Å²) in [6.45, 7) is 14.4. The van der Waals surface area contributed by atoms with Crippen molar-refractivity contribution >= 4 is 0 Å². The van der Waals surface area contributed by atoms with E-state index in [4.69, 9.17) is 9.47 Å². The van der Waals surface area contributed by atoms with E-state index in [1.54, 1.807) is 0 Å². The smallest absolute Gasteiger partial charge is 0.186 e. The molecule has 0 amide bonds. The molecule has 3 saturated carbocycles. The number of aliphatic hydroxyl groups excluding tert-OH is 4. The van der Waals surface area contributed by atoms with Crippen LogP contribution in [0.15, 0.2) is 11.6 Å². The molecule has 6 nitrogen and oxygen atoms in total. The van der Waals surface area contributed by atoms with Gasteiger partial charge in [0.1, 0.15) is 24.4 Å². The minimum absolute atomic E-state index is 0.101. The zero-order valence-electron chi connectivity index (χ0n) is 27.4. The first-order valence-corrected chi connectivity index (χ1v) is 17.6. The lowest BCUT2D eigenvalue weighted by Gasteiger charge is -2.61. The first-order valence-electron chi connectivity index (χ1n) is 17.6. The van der Waals surface area contributed by atoms with Crippen LogP contribution in [0, 0.1) is 52.3 Å². The monoisotopic (exact) mass is 590 g/mol. The van der Waals surface area contributed by atoms with E-state index >= 15 is 0 Å². The molecule has 1 saturated heterocycles. The molecule has 42 heavy (non-hydrogen) atoms. The predicted molar refractivity (Wildman–Crippen MR) is 165 cm³/mol. The second kappa shape index (κ2) is 13.1.